The van der Waals surface area contributed by atoms with E-state index in [2.05, 4.69) is 34.9 Å². The molecule has 1 fully saturated rings. The zero-order valence-electron chi connectivity index (χ0n) is 12.0. The molecule has 1 heterocycles. The summed E-state index contributed by atoms with van der Waals surface area (Å²) in [7, 11) is 2.18. The highest BCUT2D eigenvalue weighted by atomic mass is 32.1. The van der Waals surface area contributed by atoms with E-state index in [4.69, 9.17) is 5.84 Å². The van der Waals surface area contributed by atoms with Crippen LogP contribution >= 0.6 is 12.6 Å². The molecule has 1 aliphatic rings. The van der Waals surface area contributed by atoms with E-state index in [9.17, 15) is 4.79 Å². The SMILES string of the molecule is CN1CCC(N(CCCNN)CCCC(=O)S)CC1. The van der Waals surface area contributed by atoms with E-state index in [1.165, 1.54) is 25.9 Å². The van der Waals surface area contributed by atoms with Crippen molar-refractivity contribution in [2.24, 2.45) is 5.84 Å². The average Bonchev–Trinajstić information content (AvgIpc) is 2.38. The third-order valence-electron chi connectivity index (χ3n) is 3.81. The Hall–Kier alpha value is -0.140. The minimum Gasteiger partial charge on any atom is -0.306 e. The van der Waals surface area contributed by atoms with Gasteiger partial charge in [-0.3, -0.25) is 16.1 Å². The van der Waals surface area contributed by atoms with E-state index in [-0.39, 0.29) is 5.12 Å². The van der Waals surface area contributed by atoms with Crippen LogP contribution in [0.2, 0.25) is 0 Å². The Morgan fingerprint density at radius 2 is 2.00 bits per heavy atom. The van der Waals surface area contributed by atoms with Gasteiger partial charge >= 0.3 is 0 Å². The second kappa shape index (κ2) is 9.72. The molecule has 0 atom stereocenters. The van der Waals surface area contributed by atoms with Crippen LogP contribution in [0.25, 0.3) is 0 Å². The van der Waals surface area contributed by atoms with Gasteiger partial charge in [0.25, 0.3) is 0 Å². The predicted octanol–water partition coefficient (Wildman–Crippen LogP) is 0.473. The van der Waals surface area contributed by atoms with Crippen molar-refractivity contribution in [3.05, 3.63) is 0 Å². The minimum atomic E-state index is -0.00745. The van der Waals surface area contributed by atoms with Crippen molar-refractivity contribution in [1.82, 2.24) is 15.2 Å². The van der Waals surface area contributed by atoms with Crippen molar-refractivity contribution in [3.63, 3.8) is 0 Å². The van der Waals surface area contributed by atoms with E-state index in [0.717, 1.165) is 32.5 Å². The number of carbonyl (C=O) groups is 1. The van der Waals surface area contributed by atoms with Crippen LogP contribution in [-0.2, 0) is 4.79 Å². The molecule has 0 spiro atoms. The maximum Gasteiger partial charge on any atom is 0.185 e. The normalized spacial score (nSPS) is 18.1. The molecular weight excluding hydrogens is 260 g/mol. The van der Waals surface area contributed by atoms with Crippen molar-refractivity contribution >= 4 is 17.7 Å². The molecule has 0 aromatic heterocycles. The Morgan fingerprint density at radius 3 is 2.58 bits per heavy atom. The van der Waals surface area contributed by atoms with Crippen molar-refractivity contribution < 1.29 is 4.79 Å². The first-order chi connectivity index (χ1) is 9.13. The summed E-state index contributed by atoms with van der Waals surface area (Å²) in [6.07, 6.45) is 4.98. The highest BCUT2D eigenvalue weighted by Crippen LogP contribution is 2.16. The van der Waals surface area contributed by atoms with E-state index < -0.39 is 0 Å². The van der Waals surface area contributed by atoms with E-state index in [1.807, 2.05) is 0 Å². The van der Waals surface area contributed by atoms with Gasteiger partial charge in [-0.25, -0.2) is 0 Å². The fourth-order valence-corrected chi connectivity index (χ4v) is 2.81. The minimum absolute atomic E-state index is 0.00745. The van der Waals surface area contributed by atoms with Gasteiger partial charge in [0.1, 0.15) is 0 Å². The lowest BCUT2D eigenvalue weighted by Crippen LogP contribution is -2.45. The van der Waals surface area contributed by atoms with Crippen molar-refractivity contribution in [2.45, 2.75) is 38.1 Å². The van der Waals surface area contributed by atoms with Crippen LogP contribution in [0.4, 0.5) is 0 Å². The molecule has 3 N–H and O–H groups in total. The number of hydrogen-bond acceptors (Lipinski definition) is 5. The summed E-state index contributed by atoms with van der Waals surface area (Å²) < 4.78 is 0. The summed E-state index contributed by atoms with van der Waals surface area (Å²) in [4.78, 5) is 15.8. The Balaban J connectivity index is 2.36. The molecule has 0 aromatic rings. The van der Waals surface area contributed by atoms with Crippen LogP contribution in [-0.4, -0.2) is 60.7 Å². The maximum atomic E-state index is 10.9. The number of thiol groups is 1. The first-order valence-electron chi connectivity index (χ1n) is 7.21. The molecule has 112 valence electrons. The van der Waals surface area contributed by atoms with Gasteiger partial charge < -0.3 is 9.80 Å². The lowest BCUT2D eigenvalue weighted by molar-refractivity contribution is -0.111. The summed E-state index contributed by atoms with van der Waals surface area (Å²) in [5, 5.41) is -0.00745. The largest absolute Gasteiger partial charge is 0.306 e. The number of hydrogen-bond donors (Lipinski definition) is 3. The smallest absolute Gasteiger partial charge is 0.185 e. The van der Waals surface area contributed by atoms with Gasteiger partial charge in [0, 0.05) is 19.0 Å². The Bertz CT molecular complexity index is 257. The molecule has 1 aliphatic heterocycles. The summed E-state index contributed by atoms with van der Waals surface area (Å²) in [5.74, 6) is 5.32. The summed E-state index contributed by atoms with van der Waals surface area (Å²) >= 11 is 3.83. The first kappa shape index (κ1) is 16.9. The molecule has 1 rings (SSSR count). The molecule has 1 saturated heterocycles. The Labute approximate surface area is 122 Å². The predicted molar refractivity (Wildman–Crippen MR) is 82.1 cm³/mol. The Kier molecular flexibility index (Phi) is 8.65. The lowest BCUT2D eigenvalue weighted by atomic mass is 10.0. The van der Waals surface area contributed by atoms with Gasteiger partial charge in [0.15, 0.2) is 5.12 Å². The van der Waals surface area contributed by atoms with Gasteiger partial charge in [-0.1, -0.05) is 0 Å². The molecule has 0 bridgehead atoms. The van der Waals surface area contributed by atoms with Crippen LogP contribution in [0, 0.1) is 0 Å². The van der Waals surface area contributed by atoms with Crippen molar-refractivity contribution in [2.75, 3.05) is 39.8 Å². The van der Waals surface area contributed by atoms with Gasteiger partial charge in [-0.05, 0) is 58.9 Å². The van der Waals surface area contributed by atoms with Gasteiger partial charge in [0.2, 0.25) is 0 Å². The molecule has 0 aromatic carbocycles. The molecule has 5 nitrogen and oxygen atoms in total. The van der Waals surface area contributed by atoms with Crippen LogP contribution in [0.5, 0.6) is 0 Å². The average molecular weight is 288 g/mol. The second-order valence-corrected chi connectivity index (χ2v) is 5.87. The number of hydrazine groups is 1. The molecule has 19 heavy (non-hydrogen) atoms. The van der Waals surface area contributed by atoms with Gasteiger partial charge in [-0.15, -0.1) is 12.6 Å². The highest BCUT2D eigenvalue weighted by Gasteiger charge is 2.22. The molecule has 0 saturated carbocycles. The van der Waals surface area contributed by atoms with Crippen LogP contribution < -0.4 is 11.3 Å². The van der Waals surface area contributed by atoms with Crippen LogP contribution in [0.15, 0.2) is 0 Å². The first-order valence-corrected chi connectivity index (χ1v) is 7.66. The van der Waals surface area contributed by atoms with Gasteiger partial charge in [0.05, 0.1) is 0 Å². The number of nitrogens with two attached hydrogens (primary N) is 1. The second-order valence-electron chi connectivity index (χ2n) is 5.38. The maximum absolute atomic E-state index is 10.9. The zero-order chi connectivity index (χ0) is 14.1. The molecule has 0 unspecified atom stereocenters. The summed E-state index contributed by atoms with van der Waals surface area (Å²) in [6, 6.07) is 0.656. The summed E-state index contributed by atoms with van der Waals surface area (Å²) in [5.41, 5.74) is 2.71. The van der Waals surface area contributed by atoms with Crippen molar-refractivity contribution in [3.8, 4) is 0 Å². The van der Waals surface area contributed by atoms with E-state index >= 15 is 0 Å². The molecule has 0 amide bonds. The van der Waals surface area contributed by atoms with E-state index in [0.29, 0.717) is 12.5 Å². The number of carbonyl (C=O) groups excluding carboxylic acids is 1. The van der Waals surface area contributed by atoms with Gasteiger partial charge in [-0.2, -0.15) is 0 Å². The molecular formula is C13H28N4OS. The number of nitrogens with one attached hydrogen (secondary N) is 1. The van der Waals surface area contributed by atoms with Crippen LogP contribution in [0.3, 0.4) is 0 Å². The Morgan fingerprint density at radius 1 is 1.37 bits per heavy atom. The monoisotopic (exact) mass is 288 g/mol. The zero-order valence-corrected chi connectivity index (χ0v) is 12.9. The third kappa shape index (κ3) is 7.27. The number of piperidine rings is 1. The molecule has 6 heteroatoms. The van der Waals surface area contributed by atoms with E-state index in [1.54, 1.807) is 0 Å². The standard InChI is InChI=1S/C13H28N4OS/c1-16-10-5-12(6-11-16)17(9-3-7-15-14)8-2-4-13(18)19/h12,15H,2-11,14H2,1H3,(H,18,19). The topological polar surface area (TPSA) is 61.6 Å². The summed E-state index contributed by atoms with van der Waals surface area (Å²) in [6.45, 7) is 5.23. The third-order valence-corrected chi connectivity index (χ3v) is 4.03. The number of rotatable bonds is 9. The molecule has 0 radical (unpaired) electrons. The number of likely N-dealkylation sites (tertiary alicyclic amines) is 1. The fourth-order valence-electron chi connectivity index (χ4n) is 2.65. The fraction of sp³-hybridized carbons (Fsp3) is 0.923. The van der Waals surface area contributed by atoms with Crippen LogP contribution in [0.1, 0.15) is 32.1 Å². The number of nitrogens with zero attached hydrogens (tertiary/aromatic N) is 2. The highest BCUT2D eigenvalue weighted by molar-refractivity contribution is 7.96. The van der Waals surface area contributed by atoms with Crippen molar-refractivity contribution in [1.29, 1.82) is 0 Å². The molecule has 0 aliphatic carbocycles. The lowest BCUT2D eigenvalue weighted by Gasteiger charge is -2.37. The quantitative estimate of drug-likeness (QED) is 0.249.